The summed E-state index contributed by atoms with van der Waals surface area (Å²) in [6.07, 6.45) is 3.54. The molecule has 5 nitrogen and oxygen atoms in total. The molecule has 0 aromatic carbocycles. The van der Waals surface area contributed by atoms with E-state index < -0.39 is 0 Å². The number of hydrogen-bond acceptors (Lipinski definition) is 5. The number of thioether (sulfide) groups is 1. The fraction of sp³-hybridized carbons (Fsp3) is 0.846. The third-order valence-electron chi connectivity index (χ3n) is 4.78. The third-order valence-corrected chi connectivity index (χ3v) is 6.03. The van der Waals surface area contributed by atoms with Crippen molar-refractivity contribution in [2.45, 2.75) is 42.6 Å². The lowest BCUT2D eigenvalue weighted by Gasteiger charge is -2.35. The lowest BCUT2D eigenvalue weighted by molar-refractivity contribution is -0.154. The van der Waals surface area contributed by atoms with Crippen molar-refractivity contribution < 1.29 is 14.3 Å². The third kappa shape index (κ3) is 1.80. The minimum atomic E-state index is -0.378. The van der Waals surface area contributed by atoms with Crippen LogP contribution < -0.4 is 0 Å². The molecule has 1 amide bonds. The minimum Gasteiger partial charge on any atom is -0.467 e. The van der Waals surface area contributed by atoms with Crippen molar-refractivity contribution in [1.82, 2.24) is 9.80 Å². The fourth-order valence-corrected chi connectivity index (χ4v) is 5.12. The Bertz CT molecular complexity index is 417. The number of rotatable bonds is 1. The summed E-state index contributed by atoms with van der Waals surface area (Å²) in [4.78, 5) is 28.8. The molecule has 0 aliphatic carbocycles. The van der Waals surface area contributed by atoms with Crippen LogP contribution in [0, 0.1) is 0 Å². The van der Waals surface area contributed by atoms with Crippen LogP contribution in [0.4, 0.5) is 0 Å². The van der Waals surface area contributed by atoms with Gasteiger partial charge in [0.05, 0.1) is 12.5 Å². The summed E-state index contributed by atoms with van der Waals surface area (Å²) in [6.45, 7) is 0.972. The lowest BCUT2D eigenvalue weighted by atomic mass is 9.94. The summed E-state index contributed by atoms with van der Waals surface area (Å²) in [5, 5.41) is 0.144. The molecule has 19 heavy (non-hydrogen) atoms. The number of ether oxygens (including phenoxy) is 1. The molecule has 0 aromatic rings. The molecule has 0 aromatic heterocycles. The van der Waals surface area contributed by atoms with Crippen molar-refractivity contribution in [3.8, 4) is 0 Å². The van der Waals surface area contributed by atoms with E-state index in [1.807, 2.05) is 11.9 Å². The number of esters is 1. The zero-order chi connectivity index (χ0) is 13.6. The van der Waals surface area contributed by atoms with Gasteiger partial charge in [0.15, 0.2) is 0 Å². The van der Waals surface area contributed by atoms with Crippen molar-refractivity contribution >= 4 is 23.6 Å². The number of carbonyl (C=O) groups excluding carboxylic acids is 2. The lowest BCUT2D eigenvalue weighted by Crippen LogP contribution is -2.53. The van der Waals surface area contributed by atoms with Crippen LogP contribution in [0.3, 0.4) is 0 Å². The van der Waals surface area contributed by atoms with Crippen LogP contribution in [0.25, 0.3) is 0 Å². The SMILES string of the molecule is COC(=O)C1CCS[C@@H]2C[C@]3(CCCN3C)C(=O)N12. The molecule has 1 unspecified atom stereocenters. The summed E-state index contributed by atoms with van der Waals surface area (Å²) in [6, 6.07) is -0.378. The van der Waals surface area contributed by atoms with Gasteiger partial charge in [-0.05, 0) is 38.6 Å². The van der Waals surface area contributed by atoms with E-state index in [1.54, 1.807) is 11.8 Å². The first-order valence-corrected chi connectivity index (χ1v) is 7.88. The first kappa shape index (κ1) is 13.2. The minimum absolute atomic E-state index is 0.139. The van der Waals surface area contributed by atoms with E-state index in [-0.39, 0.29) is 28.8 Å². The second-order valence-electron chi connectivity index (χ2n) is 5.63. The summed E-state index contributed by atoms with van der Waals surface area (Å²) in [5.41, 5.74) is -0.353. The van der Waals surface area contributed by atoms with Crippen molar-refractivity contribution in [2.75, 3.05) is 26.5 Å². The smallest absolute Gasteiger partial charge is 0.328 e. The Morgan fingerprint density at radius 3 is 2.95 bits per heavy atom. The fourth-order valence-electron chi connectivity index (χ4n) is 3.69. The van der Waals surface area contributed by atoms with Crippen LogP contribution in [0.5, 0.6) is 0 Å². The Morgan fingerprint density at radius 1 is 1.53 bits per heavy atom. The molecule has 0 N–H and O–H groups in total. The highest BCUT2D eigenvalue weighted by Crippen LogP contribution is 2.47. The van der Waals surface area contributed by atoms with E-state index in [4.69, 9.17) is 4.74 Å². The molecule has 1 spiro atoms. The van der Waals surface area contributed by atoms with Gasteiger partial charge in [0.1, 0.15) is 11.6 Å². The number of nitrogens with zero attached hydrogens (tertiary/aromatic N) is 2. The molecule has 3 saturated heterocycles. The van der Waals surface area contributed by atoms with Gasteiger partial charge in [-0.2, -0.15) is 0 Å². The number of amides is 1. The average molecular weight is 284 g/mol. The summed E-state index contributed by atoms with van der Waals surface area (Å²) >= 11 is 1.80. The van der Waals surface area contributed by atoms with Gasteiger partial charge < -0.3 is 9.64 Å². The molecular formula is C13H20N2O3S. The van der Waals surface area contributed by atoms with Crippen LogP contribution in [-0.2, 0) is 14.3 Å². The van der Waals surface area contributed by atoms with E-state index in [0.29, 0.717) is 6.42 Å². The van der Waals surface area contributed by atoms with Crippen molar-refractivity contribution in [3.05, 3.63) is 0 Å². The highest BCUT2D eigenvalue weighted by Gasteiger charge is 2.59. The number of likely N-dealkylation sites (N-methyl/N-ethyl adjacent to an activating group) is 1. The Kier molecular flexibility index (Phi) is 3.25. The molecule has 3 aliphatic heterocycles. The van der Waals surface area contributed by atoms with Gasteiger partial charge in [-0.3, -0.25) is 9.69 Å². The van der Waals surface area contributed by atoms with Crippen molar-refractivity contribution in [3.63, 3.8) is 0 Å². The molecule has 0 saturated carbocycles. The van der Waals surface area contributed by atoms with Crippen LogP contribution in [0.1, 0.15) is 25.7 Å². The quantitative estimate of drug-likeness (QED) is 0.663. The van der Waals surface area contributed by atoms with Crippen LogP contribution in [0.15, 0.2) is 0 Å². The number of methoxy groups -OCH3 is 1. The topological polar surface area (TPSA) is 49.9 Å². The van der Waals surface area contributed by atoms with Crippen LogP contribution in [0.2, 0.25) is 0 Å². The first-order chi connectivity index (χ1) is 9.10. The van der Waals surface area contributed by atoms with Crippen LogP contribution >= 0.6 is 11.8 Å². The monoisotopic (exact) mass is 284 g/mol. The molecule has 3 atom stereocenters. The normalized spacial score (nSPS) is 38.8. The van der Waals surface area contributed by atoms with Gasteiger partial charge in [-0.15, -0.1) is 11.8 Å². The summed E-state index contributed by atoms with van der Waals surface area (Å²) in [7, 11) is 3.43. The Labute approximate surface area is 117 Å². The Balaban J connectivity index is 1.91. The maximum Gasteiger partial charge on any atom is 0.328 e. The number of hydrogen-bond donors (Lipinski definition) is 0. The second kappa shape index (κ2) is 4.66. The molecule has 0 bridgehead atoms. The molecule has 3 heterocycles. The zero-order valence-corrected chi connectivity index (χ0v) is 12.2. The Morgan fingerprint density at radius 2 is 2.32 bits per heavy atom. The average Bonchev–Trinajstić information content (AvgIpc) is 2.92. The summed E-state index contributed by atoms with van der Waals surface area (Å²) < 4.78 is 4.87. The van der Waals surface area contributed by atoms with Crippen molar-refractivity contribution in [2.24, 2.45) is 0 Å². The van der Waals surface area contributed by atoms with E-state index in [1.165, 1.54) is 7.11 Å². The van der Waals surface area contributed by atoms with E-state index in [0.717, 1.165) is 31.6 Å². The van der Waals surface area contributed by atoms with Crippen LogP contribution in [-0.4, -0.2) is 65.1 Å². The highest BCUT2D eigenvalue weighted by molar-refractivity contribution is 7.99. The number of carbonyl (C=O) groups is 2. The second-order valence-corrected chi connectivity index (χ2v) is 6.91. The molecule has 3 fully saturated rings. The van der Waals surface area contributed by atoms with Gasteiger partial charge in [0.2, 0.25) is 5.91 Å². The van der Waals surface area contributed by atoms with E-state index >= 15 is 0 Å². The van der Waals surface area contributed by atoms with E-state index in [9.17, 15) is 9.59 Å². The van der Waals surface area contributed by atoms with Gasteiger partial charge in [-0.1, -0.05) is 0 Å². The van der Waals surface area contributed by atoms with E-state index in [2.05, 4.69) is 4.90 Å². The summed E-state index contributed by atoms with van der Waals surface area (Å²) in [5.74, 6) is 0.796. The van der Waals surface area contributed by atoms with Gasteiger partial charge in [0, 0.05) is 6.42 Å². The standard InChI is InChI=1S/C13H20N2O3S/c1-14-6-3-5-13(14)8-10-15(12(13)17)9(4-7-19-10)11(16)18-2/h9-10H,3-8H2,1-2H3/t9?,10-,13-/m1/s1. The first-order valence-electron chi connectivity index (χ1n) is 6.83. The van der Waals surface area contributed by atoms with Gasteiger partial charge >= 0.3 is 5.97 Å². The molecule has 3 aliphatic rings. The van der Waals surface area contributed by atoms with Crippen molar-refractivity contribution in [1.29, 1.82) is 0 Å². The molecular weight excluding hydrogens is 264 g/mol. The predicted molar refractivity (Wildman–Crippen MR) is 72.7 cm³/mol. The molecule has 0 radical (unpaired) electrons. The molecule has 3 rings (SSSR count). The Hall–Kier alpha value is -0.750. The zero-order valence-electron chi connectivity index (χ0n) is 11.4. The number of likely N-dealkylation sites (tertiary alicyclic amines) is 1. The molecule has 6 heteroatoms. The predicted octanol–water partition coefficient (Wildman–Crippen LogP) is 0.688. The highest BCUT2D eigenvalue weighted by atomic mass is 32.2. The maximum absolute atomic E-state index is 12.9. The number of fused-ring (bicyclic) bond motifs is 1. The van der Waals surface area contributed by atoms with Gasteiger partial charge in [-0.25, -0.2) is 4.79 Å². The maximum atomic E-state index is 12.9. The largest absolute Gasteiger partial charge is 0.467 e. The molecule has 106 valence electrons. The van der Waals surface area contributed by atoms with Gasteiger partial charge in [0.25, 0.3) is 0 Å².